The Kier molecular flexibility index (Phi) is 8.19. The second-order valence-corrected chi connectivity index (χ2v) is 10.9. The van der Waals surface area contributed by atoms with E-state index in [1.54, 1.807) is 31.2 Å². The van der Waals surface area contributed by atoms with Crippen LogP contribution >= 0.6 is 46.1 Å². The van der Waals surface area contributed by atoms with Crippen molar-refractivity contribution in [1.29, 1.82) is 0 Å². The number of H-pyrrole nitrogens is 1. The molecule has 2 amide bonds. The van der Waals surface area contributed by atoms with Crippen molar-refractivity contribution in [3.8, 4) is 0 Å². The van der Waals surface area contributed by atoms with Gasteiger partial charge in [-0.15, -0.1) is 0 Å². The van der Waals surface area contributed by atoms with Crippen LogP contribution in [0.15, 0.2) is 24.3 Å². The Morgan fingerprint density at radius 1 is 1.19 bits per heavy atom. The van der Waals surface area contributed by atoms with E-state index in [-0.39, 0.29) is 70.4 Å². The molecule has 1 unspecified atom stereocenters. The van der Waals surface area contributed by atoms with E-state index < -0.39 is 11.9 Å². The Labute approximate surface area is 243 Å². The summed E-state index contributed by atoms with van der Waals surface area (Å²) in [6, 6.07) is 6.64. The van der Waals surface area contributed by atoms with Crippen LogP contribution in [0.3, 0.4) is 0 Å². The van der Waals surface area contributed by atoms with Crippen LogP contribution in [-0.4, -0.2) is 46.9 Å². The zero-order valence-corrected chi connectivity index (χ0v) is 22.8. The number of thiazole rings is 1. The molecule has 3 heterocycles. The number of piperidine rings is 1. The molecule has 1 aliphatic heterocycles. The number of rotatable bonds is 7. The number of carboxylic acids is 1. The second-order valence-electron chi connectivity index (χ2n) is 8.78. The molecule has 0 spiro atoms. The minimum absolute atomic E-state index is 0. The maximum absolute atomic E-state index is 12.6. The van der Waals surface area contributed by atoms with Crippen molar-refractivity contribution in [2.45, 2.75) is 19.4 Å². The number of aryl methyl sites for hydroxylation is 1. The minimum Gasteiger partial charge on any atom is -0.544 e. The van der Waals surface area contributed by atoms with Crippen LogP contribution in [0.1, 0.15) is 31.5 Å². The van der Waals surface area contributed by atoms with Crippen LogP contribution in [0, 0.1) is 18.8 Å². The normalized spacial score (nSPS) is 19.7. The monoisotopic (exact) mass is 573 g/mol. The second kappa shape index (κ2) is 10.9. The van der Waals surface area contributed by atoms with Crippen molar-refractivity contribution in [3.05, 3.63) is 61.3 Å². The van der Waals surface area contributed by atoms with Gasteiger partial charge in [0.1, 0.15) is 5.69 Å². The molecule has 2 aromatic heterocycles. The van der Waals surface area contributed by atoms with E-state index in [9.17, 15) is 19.5 Å². The summed E-state index contributed by atoms with van der Waals surface area (Å²) in [4.78, 5) is 46.0. The molecule has 5 rings (SSSR count). The fraction of sp³-hybridized carbons (Fsp3) is 0.304. The average molecular weight is 575 g/mol. The molecule has 0 bridgehead atoms. The summed E-state index contributed by atoms with van der Waals surface area (Å²) in [7, 11) is 0. The first-order chi connectivity index (χ1) is 17.1. The van der Waals surface area contributed by atoms with Gasteiger partial charge < -0.3 is 30.4 Å². The molecule has 1 saturated carbocycles. The third kappa shape index (κ3) is 5.65. The number of carboxylic acid groups (broad SMARTS) is 1. The molecule has 1 aromatic carbocycles. The van der Waals surface area contributed by atoms with Gasteiger partial charge in [0, 0.05) is 47.4 Å². The standard InChI is InChI=1S/C23H20Cl3N5O4S.Li/c1-9-16(25)17(26)19(27-9)21(33)30-18-12-7-31(8-13(12)18)23-29-14(20(36-23)22(34)35)6-15(32)28-11-4-2-3-10(24)5-11;/h2-5,12-13,18,27H,6-8H2,1H3,(H,28,32)(H,30,33)(H,34,35);/q;+1/p-1/t12-,13+,18?;. The third-order valence-electron chi connectivity index (χ3n) is 6.35. The van der Waals surface area contributed by atoms with Gasteiger partial charge in [-0.25, -0.2) is 4.98 Å². The molecule has 2 aliphatic rings. The number of carbonyl (C=O) groups excluding carboxylic acids is 3. The predicted molar refractivity (Wildman–Crippen MR) is 136 cm³/mol. The summed E-state index contributed by atoms with van der Waals surface area (Å²) >= 11 is 19.1. The molecule has 2 fully saturated rings. The van der Waals surface area contributed by atoms with Crippen LogP contribution in [0.2, 0.25) is 15.1 Å². The Bertz CT molecular complexity index is 1380. The first-order valence-electron chi connectivity index (χ1n) is 11.0. The maximum Gasteiger partial charge on any atom is 1.00 e. The molecule has 3 N–H and O–H groups in total. The molecule has 1 saturated heterocycles. The first kappa shape index (κ1) is 27.8. The number of carbonyl (C=O) groups is 3. The maximum atomic E-state index is 12.6. The number of nitrogens with one attached hydrogen (secondary N) is 3. The number of hydrogen-bond donors (Lipinski definition) is 3. The summed E-state index contributed by atoms with van der Waals surface area (Å²) in [6.07, 6.45) is -0.218. The zero-order chi connectivity index (χ0) is 25.7. The van der Waals surface area contributed by atoms with Gasteiger partial charge in [0.2, 0.25) is 5.91 Å². The molecule has 3 atom stereocenters. The Morgan fingerprint density at radius 2 is 1.89 bits per heavy atom. The van der Waals surface area contributed by atoms with Crippen molar-refractivity contribution in [1.82, 2.24) is 15.3 Å². The summed E-state index contributed by atoms with van der Waals surface area (Å²) in [5.41, 5.74) is 1.51. The SMILES string of the molecule is Cc1[nH]c(C(=O)NC2[C@H]3CN(c4nc(CC(=O)Nc5cccc(Cl)c5)c(C(=O)[O-])s4)C[C@@H]23)c(Cl)c1Cl.[Li+]. The van der Waals surface area contributed by atoms with Gasteiger partial charge in [-0.1, -0.05) is 52.2 Å². The average Bonchev–Trinajstić information content (AvgIpc) is 3.18. The molecule has 37 heavy (non-hydrogen) atoms. The van der Waals surface area contributed by atoms with Gasteiger partial charge in [-0.3, -0.25) is 9.59 Å². The number of anilines is 2. The molecular formula is C23H19Cl3LiN5O4S. The fourth-order valence-corrected chi connectivity index (χ4v) is 6.07. The Morgan fingerprint density at radius 3 is 2.49 bits per heavy atom. The summed E-state index contributed by atoms with van der Waals surface area (Å²) in [5, 5.41) is 18.9. The van der Waals surface area contributed by atoms with E-state index in [2.05, 4.69) is 20.6 Å². The largest absolute Gasteiger partial charge is 1.00 e. The summed E-state index contributed by atoms with van der Waals surface area (Å²) in [5.74, 6) is -1.71. The predicted octanol–water partition coefficient (Wildman–Crippen LogP) is 0.153. The number of nitrogens with zero attached hydrogens (tertiary/aromatic N) is 2. The number of fused-ring (bicyclic) bond motifs is 1. The van der Waals surface area contributed by atoms with Gasteiger partial charge >= 0.3 is 18.9 Å². The van der Waals surface area contributed by atoms with E-state index in [4.69, 9.17) is 34.8 Å². The molecule has 0 radical (unpaired) electrons. The number of aromatic nitrogens is 2. The fourth-order valence-electron chi connectivity index (χ4n) is 4.53. The number of halogens is 3. The van der Waals surface area contributed by atoms with Gasteiger partial charge in [0.15, 0.2) is 5.13 Å². The van der Waals surface area contributed by atoms with E-state index in [1.807, 2.05) is 4.90 Å². The minimum atomic E-state index is -1.38. The third-order valence-corrected chi connectivity index (χ3v) is 8.67. The quantitative estimate of drug-likeness (QED) is 0.345. The van der Waals surface area contributed by atoms with Gasteiger partial charge in [0.05, 0.1) is 33.0 Å². The van der Waals surface area contributed by atoms with Crippen molar-refractivity contribution in [2.75, 3.05) is 23.3 Å². The molecular weight excluding hydrogens is 556 g/mol. The summed E-state index contributed by atoms with van der Waals surface area (Å²) < 4.78 is 0. The topological polar surface area (TPSA) is 130 Å². The number of amides is 2. The van der Waals surface area contributed by atoms with Gasteiger partial charge in [0.25, 0.3) is 5.91 Å². The van der Waals surface area contributed by atoms with E-state index in [1.165, 1.54) is 0 Å². The molecule has 9 nitrogen and oxygen atoms in total. The first-order valence-corrected chi connectivity index (χ1v) is 12.9. The number of hydrogen-bond acceptors (Lipinski definition) is 7. The zero-order valence-electron chi connectivity index (χ0n) is 19.7. The summed E-state index contributed by atoms with van der Waals surface area (Å²) in [6.45, 7) is 2.93. The van der Waals surface area contributed by atoms with Crippen LogP contribution in [-0.2, 0) is 11.2 Å². The smallest absolute Gasteiger partial charge is 0.544 e. The van der Waals surface area contributed by atoms with E-state index >= 15 is 0 Å². The van der Waals surface area contributed by atoms with Crippen molar-refractivity contribution < 1.29 is 38.4 Å². The number of aromatic carboxylic acids is 1. The van der Waals surface area contributed by atoms with Crippen LogP contribution < -0.4 is 39.5 Å². The van der Waals surface area contributed by atoms with Gasteiger partial charge in [-0.05, 0) is 25.1 Å². The van der Waals surface area contributed by atoms with Crippen LogP contribution in [0.4, 0.5) is 10.8 Å². The Balaban J connectivity index is 0.00000320. The van der Waals surface area contributed by atoms with Crippen molar-refractivity contribution in [2.24, 2.45) is 11.8 Å². The van der Waals surface area contributed by atoms with E-state index in [0.29, 0.717) is 39.6 Å². The van der Waals surface area contributed by atoms with Gasteiger partial charge in [-0.2, -0.15) is 0 Å². The Hall–Kier alpha value is -2.19. The number of aromatic amines is 1. The van der Waals surface area contributed by atoms with Crippen LogP contribution in [0.25, 0.3) is 0 Å². The number of benzene rings is 1. The molecule has 14 heteroatoms. The van der Waals surface area contributed by atoms with E-state index in [0.717, 1.165) is 11.3 Å². The van der Waals surface area contributed by atoms with Crippen molar-refractivity contribution >= 4 is 74.7 Å². The van der Waals surface area contributed by atoms with Crippen LogP contribution in [0.5, 0.6) is 0 Å². The molecule has 188 valence electrons. The molecule has 3 aromatic rings. The molecule has 1 aliphatic carbocycles. The van der Waals surface area contributed by atoms with Crippen molar-refractivity contribution in [3.63, 3.8) is 0 Å².